The fourth-order valence-electron chi connectivity index (χ4n) is 2.12. The summed E-state index contributed by atoms with van der Waals surface area (Å²) in [6.07, 6.45) is 4.71. The Morgan fingerprint density at radius 1 is 1.33 bits per heavy atom. The van der Waals surface area contributed by atoms with Gasteiger partial charge in [0.1, 0.15) is 0 Å². The normalized spacial score (nSPS) is 20.5. The van der Waals surface area contributed by atoms with Gasteiger partial charge in [-0.2, -0.15) is 8.78 Å². The average Bonchev–Trinajstić information content (AvgIpc) is 2.18. The van der Waals surface area contributed by atoms with Gasteiger partial charge in [0.05, 0.1) is 12.5 Å². The van der Waals surface area contributed by atoms with Crippen LogP contribution in [0.3, 0.4) is 0 Å². The molecule has 5 heteroatoms. The van der Waals surface area contributed by atoms with E-state index in [0.29, 0.717) is 0 Å². The van der Waals surface area contributed by atoms with Gasteiger partial charge >= 0.3 is 12.6 Å². The highest BCUT2D eigenvalue weighted by atomic mass is 19.3. The Bertz CT molecular complexity index is 203. The zero-order valence-corrected chi connectivity index (χ0v) is 8.49. The van der Waals surface area contributed by atoms with E-state index in [1.54, 1.807) is 0 Å². The molecule has 0 radical (unpaired) electrons. The van der Waals surface area contributed by atoms with Gasteiger partial charge in [0.2, 0.25) is 0 Å². The van der Waals surface area contributed by atoms with Crippen LogP contribution in [0.25, 0.3) is 0 Å². The molecule has 88 valence electrons. The number of hydrogen-bond donors (Lipinski definition) is 1. The van der Waals surface area contributed by atoms with Gasteiger partial charge in [-0.25, -0.2) is 0 Å². The first kappa shape index (κ1) is 12.4. The minimum Gasteiger partial charge on any atom is -0.481 e. The zero-order valence-electron chi connectivity index (χ0n) is 8.49. The molecule has 1 aliphatic rings. The Morgan fingerprint density at radius 2 is 1.93 bits per heavy atom. The molecule has 1 N–H and O–H groups in total. The molecule has 0 bridgehead atoms. The molecular formula is C10H16F2O3. The topological polar surface area (TPSA) is 46.5 Å². The summed E-state index contributed by atoms with van der Waals surface area (Å²) < 4.78 is 27.7. The van der Waals surface area contributed by atoms with Crippen LogP contribution in [-0.4, -0.2) is 24.3 Å². The van der Waals surface area contributed by atoms with Crippen molar-refractivity contribution in [3.8, 4) is 0 Å². The van der Waals surface area contributed by atoms with Crippen LogP contribution in [0.15, 0.2) is 0 Å². The summed E-state index contributed by atoms with van der Waals surface area (Å²) >= 11 is 0. The summed E-state index contributed by atoms with van der Waals surface area (Å²) in [6.45, 7) is -3.26. The molecule has 1 fully saturated rings. The van der Waals surface area contributed by atoms with Crippen molar-refractivity contribution in [3.05, 3.63) is 0 Å². The van der Waals surface area contributed by atoms with Crippen molar-refractivity contribution in [2.75, 3.05) is 6.61 Å². The van der Waals surface area contributed by atoms with Crippen LogP contribution in [0.2, 0.25) is 0 Å². The number of alkyl halides is 2. The van der Waals surface area contributed by atoms with Crippen molar-refractivity contribution < 1.29 is 23.4 Å². The highest BCUT2D eigenvalue weighted by molar-refractivity contribution is 5.70. The molecular weight excluding hydrogens is 206 g/mol. The van der Waals surface area contributed by atoms with Crippen LogP contribution in [-0.2, 0) is 9.53 Å². The van der Waals surface area contributed by atoms with Crippen molar-refractivity contribution in [3.63, 3.8) is 0 Å². The summed E-state index contributed by atoms with van der Waals surface area (Å²) in [4.78, 5) is 10.9. The summed E-state index contributed by atoms with van der Waals surface area (Å²) in [6, 6.07) is 0. The van der Waals surface area contributed by atoms with E-state index < -0.39 is 18.5 Å². The van der Waals surface area contributed by atoms with Gasteiger partial charge in [-0.3, -0.25) is 4.79 Å². The predicted molar refractivity (Wildman–Crippen MR) is 49.7 cm³/mol. The zero-order chi connectivity index (χ0) is 11.3. The maximum Gasteiger partial charge on any atom is 0.345 e. The summed E-state index contributed by atoms with van der Waals surface area (Å²) in [5.41, 5.74) is 0. The first-order valence-electron chi connectivity index (χ1n) is 5.24. The second-order valence-corrected chi connectivity index (χ2v) is 3.94. The minimum atomic E-state index is -2.88. The van der Waals surface area contributed by atoms with E-state index in [9.17, 15) is 13.6 Å². The molecule has 1 aliphatic carbocycles. The number of aliphatic carboxylic acids is 1. The first-order chi connectivity index (χ1) is 7.11. The Kier molecular flexibility index (Phi) is 4.94. The number of halogens is 2. The van der Waals surface area contributed by atoms with E-state index in [1.807, 2.05) is 0 Å². The van der Waals surface area contributed by atoms with Gasteiger partial charge in [0.25, 0.3) is 0 Å². The fraction of sp³-hybridized carbons (Fsp3) is 0.900. The molecule has 0 saturated heterocycles. The molecule has 0 aromatic rings. The van der Waals surface area contributed by atoms with E-state index in [1.165, 1.54) is 0 Å². The average molecular weight is 222 g/mol. The van der Waals surface area contributed by atoms with E-state index in [0.717, 1.165) is 32.1 Å². The van der Waals surface area contributed by atoms with Crippen molar-refractivity contribution in [1.29, 1.82) is 0 Å². The Balaban J connectivity index is 2.44. The largest absolute Gasteiger partial charge is 0.481 e. The maximum atomic E-state index is 11.8. The van der Waals surface area contributed by atoms with E-state index in [4.69, 9.17) is 5.11 Å². The first-order valence-corrected chi connectivity index (χ1v) is 5.24. The second kappa shape index (κ2) is 6.00. The van der Waals surface area contributed by atoms with Crippen LogP contribution in [0.1, 0.15) is 32.1 Å². The molecule has 3 nitrogen and oxygen atoms in total. The standard InChI is InChI=1S/C10H16F2O3/c11-10(12)15-6-8(9(13)14)7-4-2-1-3-5-7/h7-8,10H,1-6H2,(H,13,14). The lowest BCUT2D eigenvalue weighted by molar-refractivity contribution is -0.163. The molecule has 0 amide bonds. The Hall–Kier alpha value is -0.710. The summed E-state index contributed by atoms with van der Waals surface area (Å²) in [7, 11) is 0. The number of carbonyl (C=O) groups is 1. The van der Waals surface area contributed by atoms with Crippen LogP contribution in [0.5, 0.6) is 0 Å². The Morgan fingerprint density at radius 3 is 2.40 bits per heavy atom. The van der Waals surface area contributed by atoms with Gasteiger partial charge in [-0.15, -0.1) is 0 Å². The Labute approximate surface area is 87.4 Å². The van der Waals surface area contributed by atoms with Crippen LogP contribution >= 0.6 is 0 Å². The van der Waals surface area contributed by atoms with Crippen LogP contribution in [0.4, 0.5) is 8.78 Å². The van der Waals surface area contributed by atoms with E-state index in [-0.39, 0.29) is 12.5 Å². The molecule has 1 atom stereocenters. The summed E-state index contributed by atoms with van der Waals surface area (Å²) in [5, 5.41) is 8.91. The lowest BCUT2D eigenvalue weighted by atomic mass is 9.80. The lowest BCUT2D eigenvalue weighted by Gasteiger charge is -2.27. The third kappa shape index (κ3) is 4.11. The van der Waals surface area contributed by atoms with Crippen molar-refractivity contribution in [2.45, 2.75) is 38.7 Å². The van der Waals surface area contributed by atoms with Crippen LogP contribution < -0.4 is 0 Å². The second-order valence-electron chi connectivity index (χ2n) is 3.94. The van der Waals surface area contributed by atoms with Gasteiger partial charge in [-0.1, -0.05) is 19.3 Å². The third-order valence-corrected chi connectivity index (χ3v) is 2.94. The molecule has 1 rings (SSSR count). The fourth-order valence-corrected chi connectivity index (χ4v) is 2.12. The minimum absolute atomic E-state index is 0.00463. The van der Waals surface area contributed by atoms with Gasteiger partial charge in [0, 0.05) is 0 Å². The third-order valence-electron chi connectivity index (χ3n) is 2.94. The number of ether oxygens (including phenoxy) is 1. The van der Waals surface area contributed by atoms with Gasteiger partial charge < -0.3 is 9.84 Å². The molecule has 15 heavy (non-hydrogen) atoms. The number of carboxylic acids is 1. The SMILES string of the molecule is O=C(O)C(COC(F)F)C1CCCCC1. The van der Waals surface area contributed by atoms with Gasteiger partial charge in [0.15, 0.2) is 0 Å². The van der Waals surface area contributed by atoms with Crippen molar-refractivity contribution in [1.82, 2.24) is 0 Å². The molecule has 0 aliphatic heterocycles. The molecule has 0 heterocycles. The molecule has 0 aromatic carbocycles. The highest BCUT2D eigenvalue weighted by Crippen LogP contribution is 2.30. The monoisotopic (exact) mass is 222 g/mol. The van der Waals surface area contributed by atoms with Crippen molar-refractivity contribution >= 4 is 5.97 Å². The summed E-state index contributed by atoms with van der Waals surface area (Å²) in [5.74, 6) is -1.81. The smallest absolute Gasteiger partial charge is 0.345 e. The lowest BCUT2D eigenvalue weighted by Crippen LogP contribution is -2.30. The van der Waals surface area contributed by atoms with Gasteiger partial charge in [-0.05, 0) is 18.8 Å². The van der Waals surface area contributed by atoms with E-state index >= 15 is 0 Å². The molecule has 0 aromatic heterocycles. The molecule has 0 spiro atoms. The van der Waals surface area contributed by atoms with Crippen molar-refractivity contribution in [2.24, 2.45) is 11.8 Å². The quantitative estimate of drug-likeness (QED) is 0.777. The highest BCUT2D eigenvalue weighted by Gasteiger charge is 2.30. The molecule has 1 saturated carbocycles. The van der Waals surface area contributed by atoms with E-state index in [2.05, 4.69) is 4.74 Å². The number of hydrogen-bond acceptors (Lipinski definition) is 2. The predicted octanol–water partition coefficient (Wildman–Crippen LogP) is 2.51. The number of carboxylic acid groups (broad SMARTS) is 1. The number of rotatable bonds is 5. The maximum absolute atomic E-state index is 11.8. The molecule has 1 unspecified atom stereocenters. The van der Waals surface area contributed by atoms with Crippen LogP contribution in [0, 0.1) is 11.8 Å².